The Labute approximate surface area is 154 Å². The summed E-state index contributed by atoms with van der Waals surface area (Å²) in [5.41, 5.74) is 2.27. The molecule has 138 valence electrons. The first-order chi connectivity index (χ1) is 12.6. The molecule has 26 heavy (non-hydrogen) atoms. The number of alkyl halides is 1. The standard InChI is InChI=1S/C16H19ClN6O3/c1-10-12(26-5-3-4-17)8-23-15(10)16(18-9-19-23)20-13-6-11(21-22-13)7-14(24)25-2/h6,8-9H,3-5,7H2,1-2H3,(H2,18,19,20,21,22). The molecule has 3 rings (SSSR count). The highest BCUT2D eigenvalue weighted by Crippen LogP contribution is 2.29. The lowest BCUT2D eigenvalue weighted by molar-refractivity contribution is -0.139. The lowest BCUT2D eigenvalue weighted by Gasteiger charge is -2.05. The number of aromatic amines is 1. The number of ether oxygens (including phenoxy) is 2. The number of carbonyl (C=O) groups excluding carboxylic acids is 1. The van der Waals surface area contributed by atoms with Crippen molar-refractivity contribution < 1.29 is 14.3 Å². The number of aromatic nitrogens is 5. The predicted octanol–water partition coefficient (Wildman–Crippen LogP) is 2.23. The highest BCUT2D eigenvalue weighted by atomic mass is 35.5. The maximum atomic E-state index is 11.3. The molecule has 0 spiro atoms. The topological polar surface area (TPSA) is 106 Å². The van der Waals surface area contributed by atoms with Crippen molar-refractivity contribution in [2.24, 2.45) is 0 Å². The van der Waals surface area contributed by atoms with E-state index in [1.54, 1.807) is 16.8 Å². The summed E-state index contributed by atoms with van der Waals surface area (Å²) < 4.78 is 12.1. The summed E-state index contributed by atoms with van der Waals surface area (Å²) in [6, 6.07) is 1.73. The van der Waals surface area contributed by atoms with Crippen LogP contribution in [0, 0.1) is 6.92 Å². The van der Waals surface area contributed by atoms with Crippen LogP contribution in [0.1, 0.15) is 17.7 Å². The summed E-state index contributed by atoms with van der Waals surface area (Å²) in [7, 11) is 1.34. The van der Waals surface area contributed by atoms with Crippen molar-refractivity contribution in [3.63, 3.8) is 0 Å². The number of nitrogens with zero attached hydrogens (tertiary/aromatic N) is 4. The van der Waals surface area contributed by atoms with Gasteiger partial charge in [0.25, 0.3) is 0 Å². The molecule has 3 heterocycles. The second-order valence-corrected chi connectivity index (χ2v) is 5.94. The number of esters is 1. The molecule has 0 atom stereocenters. The highest BCUT2D eigenvalue weighted by molar-refractivity contribution is 6.17. The van der Waals surface area contributed by atoms with Crippen LogP contribution in [-0.2, 0) is 16.0 Å². The SMILES string of the molecule is COC(=O)Cc1cc(Nc2ncnn3cc(OCCCCl)c(C)c23)[nH]n1. The van der Waals surface area contributed by atoms with Gasteiger partial charge in [0, 0.05) is 17.5 Å². The van der Waals surface area contributed by atoms with Crippen molar-refractivity contribution in [1.82, 2.24) is 24.8 Å². The van der Waals surface area contributed by atoms with Gasteiger partial charge in [-0.3, -0.25) is 9.89 Å². The number of anilines is 2. The molecular weight excluding hydrogens is 360 g/mol. The molecule has 9 nitrogen and oxygen atoms in total. The van der Waals surface area contributed by atoms with E-state index in [0.717, 1.165) is 23.3 Å². The third kappa shape index (κ3) is 3.88. The molecule has 0 aliphatic rings. The van der Waals surface area contributed by atoms with Gasteiger partial charge in [-0.05, 0) is 13.3 Å². The van der Waals surface area contributed by atoms with Crippen LogP contribution < -0.4 is 10.1 Å². The van der Waals surface area contributed by atoms with Crippen LogP contribution >= 0.6 is 11.6 Å². The average Bonchev–Trinajstić information content (AvgIpc) is 3.20. The van der Waals surface area contributed by atoms with Gasteiger partial charge >= 0.3 is 5.97 Å². The molecule has 0 saturated carbocycles. The van der Waals surface area contributed by atoms with Crippen molar-refractivity contribution >= 4 is 34.7 Å². The number of H-pyrrole nitrogens is 1. The number of nitrogens with one attached hydrogen (secondary N) is 2. The van der Waals surface area contributed by atoms with Crippen molar-refractivity contribution in [2.45, 2.75) is 19.8 Å². The Morgan fingerprint density at radius 1 is 1.46 bits per heavy atom. The molecule has 2 N–H and O–H groups in total. The molecule has 0 aromatic carbocycles. The Kier molecular flexibility index (Phi) is 5.57. The molecule has 10 heteroatoms. The Hall–Kier alpha value is -2.81. The van der Waals surface area contributed by atoms with Crippen LogP contribution in [0.25, 0.3) is 5.52 Å². The van der Waals surface area contributed by atoms with Gasteiger partial charge in [0.15, 0.2) is 5.82 Å². The molecule has 0 aliphatic carbocycles. The fourth-order valence-electron chi connectivity index (χ4n) is 2.48. The van der Waals surface area contributed by atoms with E-state index in [0.29, 0.717) is 29.8 Å². The second-order valence-electron chi connectivity index (χ2n) is 5.56. The minimum atomic E-state index is -0.353. The first kappa shape index (κ1) is 18.0. The summed E-state index contributed by atoms with van der Waals surface area (Å²) in [6.07, 6.45) is 4.11. The van der Waals surface area contributed by atoms with Gasteiger partial charge in [-0.2, -0.15) is 10.2 Å². The van der Waals surface area contributed by atoms with E-state index in [-0.39, 0.29) is 12.4 Å². The molecule has 3 aromatic rings. The molecule has 0 unspecified atom stereocenters. The van der Waals surface area contributed by atoms with E-state index in [4.69, 9.17) is 16.3 Å². The summed E-state index contributed by atoms with van der Waals surface area (Å²) in [5, 5.41) is 14.3. The fraction of sp³-hybridized carbons (Fsp3) is 0.375. The van der Waals surface area contributed by atoms with Crippen LogP contribution in [0.5, 0.6) is 5.75 Å². The number of fused-ring (bicyclic) bond motifs is 1. The zero-order valence-electron chi connectivity index (χ0n) is 14.5. The van der Waals surface area contributed by atoms with E-state index >= 15 is 0 Å². The van der Waals surface area contributed by atoms with Crippen LogP contribution in [0.4, 0.5) is 11.6 Å². The smallest absolute Gasteiger partial charge is 0.311 e. The maximum Gasteiger partial charge on any atom is 0.311 e. The zero-order chi connectivity index (χ0) is 18.5. The number of rotatable bonds is 8. The molecule has 0 aliphatic heterocycles. The van der Waals surface area contributed by atoms with Gasteiger partial charge in [0.1, 0.15) is 23.4 Å². The molecule has 0 radical (unpaired) electrons. The predicted molar refractivity (Wildman–Crippen MR) is 96.1 cm³/mol. The monoisotopic (exact) mass is 378 g/mol. The largest absolute Gasteiger partial charge is 0.492 e. The minimum Gasteiger partial charge on any atom is -0.492 e. The van der Waals surface area contributed by atoms with Gasteiger partial charge in [-0.1, -0.05) is 0 Å². The summed E-state index contributed by atoms with van der Waals surface area (Å²) >= 11 is 5.69. The highest BCUT2D eigenvalue weighted by Gasteiger charge is 2.15. The summed E-state index contributed by atoms with van der Waals surface area (Å²) in [6.45, 7) is 2.48. The quantitative estimate of drug-likeness (QED) is 0.351. The van der Waals surface area contributed by atoms with E-state index in [9.17, 15) is 4.79 Å². The van der Waals surface area contributed by atoms with Gasteiger partial charge in [-0.25, -0.2) is 9.50 Å². The van der Waals surface area contributed by atoms with Gasteiger partial charge in [-0.15, -0.1) is 11.6 Å². The third-order valence-corrected chi connectivity index (χ3v) is 4.02. The molecular formula is C16H19ClN6O3. The number of hydrogen-bond acceptors (Lipinski definition) is 7. The fourth-order valence-corrected chi connectivity index (χ4v) is 2.59. The van der Waals surface area contributed by atoms with Crippen LogP contribution in [-0.4, -0.2) is 50.4 Å². The maximum absolute atomic E-state index is 11.3. The van der Waals surface area contributed by atoms with Crippen LogP contribution in [0.15, 0.2) is 18.6 Å². The van der Waals surface area contributed by atoms with Crippen molar-refractivity contribution in [3.05, 3.63) is 29.8 Å². The molecule has 0 fully saturated rings. The zero-order valence-corrected chi connectivity index (χ0v) is 15.2. The Morgan fingerprint density at radius 3 is 3.08 bits per heavy atom. The van der Waals surface area contributed by atoms with Gasteiger partial charge < -0.3 is 14.8 Å². The third-order valence-electron chi connectivity index (χ3n) is 3.75. The first-order valence-electron chi connectivity index (χ1n) is 8.02. The molecule has 0 saturated heterocycles. The van der Waals surface area contributed by atoms with Gasteiger partial charge in [0.05, 0.1) is 32.0 Å². The van der Waals surface area contributed by atoms with E-state index in [1.807, 2.05) is 6.92 Å². The molecule has 3 aromatic heterocycles. The first-order valence-corrected chi connectivity index (χ1v) is 8.55. The van der Waals surface area contributed by atoms with Crippen LogP contribution in [0.2, 0.25) is 0 Å². The average molecular weight is 379 g/mol. The molecule has 0 bridgehead atoms. The summed E-state index contributed by atoms with van der Waals surface area (Å²) in [5.74, 6) is 2.13. The molecule has 0 amide bonds. The Bertz CT molecular complexity index is 907. The van der Waals surface area contributed by atoms with Gasteiger partial charge in [0.2, 0.25) is 0 Å². The lowest BCUT2D eigenvalue weighted by atomic mass is 10.3. The van der Waals surface area contributed by atoms with E-state index < -0.39 is 0 Å². The van der Waals surface area contributed by atoms with Crippen molar-refractivity contribution in [3.8, 4) is 5.75 Å². The van der Waals surface area contributed by atoms with Crippen molar-refractivity contribution in [2.75, 3.05) is 24.9 Å². The number of methoxy groups -OCH3 is 1. The normalized spacial score (nSPS) is 10.9. The number of aryl methyl sites for hydroxylation is 1. The Balaban J connectivity index is 1.82. The number of hydrogen-bond donors (Lipinski definition) is 2. The van der Waals surface area contributed by atoms with E-state index in [2.05, 4.69) is 30.3 Å². The van der Waals surface area contributed by atoms with E-state index in [1.165, 1.54) is 13.4 Å². The van der Waals surface area contributed by atoms with Crippen molar-refractivity contribution in [1.29, 1.82) is 0 Å². The number of carbonyl (C=O) groups is 1. The summed E-state index contributed by atoms with van der Waals surface area (Å²) in [4.78, 5) is 15.6. The Morgan fingerprint density at radius 2 is 2.31 bits per heavy atom. The minimum absolute atomic E-state index is 0.0938. The lowest BCUT2D eigenvalue weighted by Crippen LogP contribution is -2.04. The second kappa shape index (κ2) is 8.05. The number of halogens is 1. The van der Waals surface area contributed by atoms with Crippen LogP contribution in [0.3, 0.4) is 0 Å².